The first-order chi connectivity index (χ1) is 11.5. The third kappa shape index (κ3) is 2.57. The fourth-order valence-corrected chi connectivity index (χ4v) is 4.45. The molecule has 0 bridgehead atoms. The molecule has 2 aromatic heterocycles. The normalized spacial score (nSPS) is 17.0. The van der Waals surface area contributed by atoms with Gasteiger partial charge in [0.2, 0.25) is 5.16 Å². The number of benzene rings is 1. The maximum absolute atomic E-state index is 14.4. The van der Waals surface area contributed by atoms with Crippen molar-refractivity contribution in [1.29, 1.82) is 0 Å². The predicted octanol–water partition coefficient (Wildman–Crippen LogP) is 3.95. The molecular weight excluding hydrogens is 347 g/mol. The van der Waals surface area contributed by atoms with E-state index in [2.05, 4.69) is 32.5 Å². The molecule has 1 aromatic carbocycles. The van der Waals surface area contributed by atoms with Gasteiger partial charge in [-0.25, -0.2) is 9.37 Å². The molecule has 0 aliphatic carbocycles. The summed E-state index contributed by atoms with van der Waals surface area (Å²) in [4.78, 5) is 4.82. The van der Waals surface area contributed by atoms with E-state index >= 15 is 0 Å². The lowest BCUT2D eigenvalue weighted by molar-refractivity contribution is 0.599. The molecule has 1 aliphatic rings. The molecule has 4 rings (SSSR count). The van der Waals surface area contributed by atoms with Crippen LogP contribution in [0.4, 0.5) is 9.52 Å². The Morgan fingerprint density at radius 2 is 2.21 bits per heavy atom. The van der Waals surface area contributed by atoms with Gasteiger partial charge in [0.25, 0.3) is 0 Å². The Bertz CT molecular complexity index is 960. The summed E-state index contributed by atoms with van der Waals surface area (Å²) in [5, 5.41) is 17.3. The fraction of sp³-hybridized carbons (Fsp3) is 0.333. The predicted molar refractivity (Wildman–Crippen MR) is 94.8 cm³/mol. The van der Waals surface area contributed by atoms with Gasteiger partial charge in [-0.15, -0.1) is 10.2 Å². The molecule has 124 valence electrons. The molecule has 3 heterocycles. The van der Waals surface area contributed by atoms with Crippen LogP contribution in [0.1, 0.15) is 32.0 Å². The standard InChI is InChI=1S/C15H15FN6S2/c1-7-4-8(2)21-22-13(7)19-20-15(22)24-11-6-12-10(5-9(11)16)18-14(17-3)23-12/h5-7H,4H2,1-3H3,(H,17,18). The van der Waals surface area contributed by atoms with Crippen LogP contribution in [0.3, 0.4) is 0 Å². The van der Waals surface area contributed by atoms with Crippen molar-refractivity contribution in [3.8, 4) is 0 Å². The van der Waals surface area contributed by atoms with E-state index in [4.69, 9.17) is 0 Å². The van der Waals surface area contributed by atoms with Gasteiger partial charge >= 0.3 is 0 Å². The number of nitrogens with one attached hydrogen (secondary N) is 1. The largest absolute Gasteiger partial charge is 0.365 e. The average molecular weight is 362 g/mol. The fourth-order valence-electron chi connectivity index (χ4n) is 2.70. The summed E-state index contributed by atoms with van der Waals surface area (Å²) in [5.74, 6) is 0.763. The molecule has 1 unspecified atom stereocenters. The van der Waals surface area contributed by atoms with Crippen LogP contribution < -0.4 is 5.32 Å². The molecule has 0 amide bonds. The molecule has 0 saturated carbocycles. The highest BCUT2D eigenvalue weighted by Crippen LogP contribution is 2.36. The van der Waals surface area contributed by atoms with E-state index in [0.717, 1.165) is 27.8 Å². The molecule has 0 saturated heterocycles. The topological polar surface area (TPSA) is 68.0 Å². The van der Waals surface area contributed by atoms with Crippen LogP contribution in [0.2, 0.25) is 0 Å². The molecule has 9 heteroatoms. The molecule has 3 aromatic rings. The second kappa shape index (κ2) is 5.82. The van der Waals surface area contributed by atoms with Gasteiger partial charge in [-0.05, 0) is 31.2 Å². The minimum Gasteiger partial charge on any atom is -0.365 e. The van der Waals surface area contributed by atoms with Gasteiger partial charge in [0.1, 0.15) is 5.82 Å². The number of thiazole rings is 1. The summed E-state index contributed by atoms with van der Waals surface area (Å²) in [6.45, 7) is 4.08. The van der Waals surface area contributed by atoms with Crippen molar-refractivity contribution in [2.75, 3.05) is 12.4 Å². The van der Waals surface area contributed by atoms with Crippen LogP contribution in [0.5, 0.6) is 0 Å². The molecule has 0 fully saturated rings. The van der Waals surface area contributed by atoms with E-state index in [1.54, 1.807) is 17.8 Å². The second-order valence-corrected chi connectivity index (χ2v) is 7.75. The monoisotopic (exact) mass is 362 g/mol. The zero-order valence-corrected chi connectivity index (χ0v) is 15.0. The minimum absolute atomic E-state index is 0.261. The third-order valence-electron chi connectivity index (χ3n) is 3.81. The van der Waals surface area contributed by atoms with E-state index in [0.29, 0.717) is 15.6 Å². The van der Waals surface area contributed by atoms with Crippen molar-refractivity contribution in [3.63, 3.8) is 0 Å². The van der Waals surface area contributed by atoms with Gasteiger partial charge in [-0.3, -0.25) is 0 Å². The van der Waals surface area contributed by atoms with E-state index in [9.17, 15) is 4.39 Å². The quantitative estimate of drug-likeness (QED) is 0.764. The number of anilines is 1. The summed E-state index contributed by atoms with van der Waals surface area (Å²) in [6, 6.07) is 3.26. The van der Waals surface area contributed by atoms with Gasteiger partial charge in [0.15, 0.2) is 11.0 Å². The molecular formula is C15H15FN6S2. The van der Waals surface area contributed by atoms with E-state index < -0.39 is 0 Å². The van der Waals surface area contributed by atoms with Crippen molar-refractivity contribution in [2.24, 2.45) is 5.10 Å². The summed E-state index contributed by atoms with van der Waals surface area (Å²) < 4.78 is 17.1. The summed E-state index contributed by atoms with van der Waals surface area (Å²) in [5.41, 5.74) is 1.67. The van der Waals surface area contributed by atoms with E-state index in [1.165, 1.54) is 29.2 Å². The first-order valence-corrected chi connectivity index (χ1v) is 9.14. The molecule has 0 radical (unpaired) electrons. The number of hydrogen-bond donors (Lipinski definition) is 1. The van der Waals surface area contributed by atoms with Gasteiger partial charge in [-0.2, -0.15) is 9.78 Å². The summed E-state index contributed by atoms with van der Waals surface area (Å²) in [7, 11) is 1.80. The molecule has 1 N–H and O–H groups in total. The smallest absolute Gasteiger partial charge is 0.216 e. The van der Waals surface area contributed by atoms with Crippen LogP contribution in [-0.4, -0.2) is 32.6 Å². The van der Waals surface area contributed by atoms with Crippen LogP contribution in [-0.2, 0) is 0 Å². The Balaban J connectivity index is 1.74. The van der Waals surface area contributed by atoms with Crippen molar-refractivity contribution in [1.82, 2.24) is 19.9 Å². The highest BCUT2D eigenvalue weighted by molar-refractivity contribution is 7.99. The van der Waals surface area contributed by atoms with Crippen LogP contribution in [0, 0.1) is 5.82 Å². The highest BCUT2D eigenvalue weighted by atomic mass is 32.2. The molecule has 6 nitrogen and oxygen atoms in total. The van der Waals surface area contributed by atoms with Gasteiger partial charge in [-0.1, -0.05) is 18.3 Å². The Morgan fingerprint density at radius 3 is 3.00 bits per heavy atom. The van der Waals surface area contributed by atoms with Crippen molar-refractivity contribution < 1.29 is 4.39 Å². The van der Waals surface area contributed by atoms with Crippen molar-refractivity contribution >= 4 is 44.2 Å². The lowest BCUT2D eigenvalue weighted by atomic mass is 10.0. The molecule has 0 spiro atoms. The Hall–Kier alpha value is -2.00. The number of rotatable bonds is 3. The first-order valence-electron chi connectivity index (χ1n) is 7.50. The van der Waals surface area contributed by atoms with Gasteiger partial charge in [0.05, 0.1) is 15.1 Å². The number of hydrogen-bond acceptors (Lipinski definition) is 7. The summed E-state index contributed by atoms with van der Waals surface area (Å²) in [6.07, 6.45) is 0.872. The average Bonchev–Trinajstić information content (AvgIpc) is 3.11. The molecule has 24 heavy (non-hydrogen) atoms. The maximum Gasteiger partial charge on any atom is 0.216 e. The number of aromatic nitrogens is 4. The Kier molecular flexibility index (Phi) is 3.76. The van der Waals surface area contributed by atoms with Gasteiger partial charge in [0, 0.05) is 24.7 Å². The minimum atomic E-state index is -0.317. The van der Waals surface area contributed by atoms with Crippen molar-refractivity contribution in [2.45, 2.75) is 36.2 Å². The zero-order chi connectivity index (χ0) is 16.8. The molecule has 1 atom stereocenters. The van der Waals surface area contributed by atoms with Crippen LogP contribution >= 0.6 is 23.1 Å². The van der Waals surface area contributed by atoms with Gasteiger partial charge < -0.3 is 5.32 Å². The van der Waals surface area contributed by atoms with E-state index in [-0.39, 0.29) is 11.7 Å². The van der Waals surface area contributed by atoms with Crippen molar-refractivity contribution in [3.05, 3.63) is 23.8 Å². The SMILES string of the molecule is CNc1nc2cc(F)c(Sc3nnc4n3N=C(C)CC4C)cc2s1. The van der Waals surface area contributed by atoms with Crippen LogP contribution in [0.15, 0.2) is 27.3 Å². The number of nitrogens with zero attached hydrogens (tertiary/aromatic N) is 5. The first kappa shape index (κ1) is 15.5. The Labute approximate surface area is 146 Å². The third-order valence-corrected chi connectivity index (χ3v) is 5.81. The highest BCUT2D eigenvalue weighted by Gasteiger charge is 2.24. The number of halogens is 1. The maximum atomic E-state index is 14.4. The Morgan fingerprint density at radius 1 is 1.38 bits per heavy atom. The zero-order valence-electron chi connectivity index (χ0n) is 13.4. The lowest BCUT2D eigenvalue weighted by Crippen LogP contribution is -2.14. The second-order valence-electron chi connectivity index (χ2n) is 5.71. The van der Waals surface area contributed by atoms with Crippen LogP contribution in [0.25, 0.3) is 10.2 Å². The lowest BCUT2D eigenvalue weighted by Gasteiger charge is -2.16. The molecule has 1 aliphatic heterocycles. The number of fused-ring (bicyclic) bond motifs is 2. The van der Waals surface area contributed by atoms with E-state index in [1.807, 2.05) is 6.92 Å². The summed E-state index contributed by atoms with van der Waals surface area (Å²) >= 11 is 2.73.